The van der Waals surface area contributed by atoms with Gasteiger partial charge in [0.2, 0.25) is 0 Å². The Morgan fingerprint density at radius 1 is 0.900 bits per heavy atom. The number of nitrogens with zero attached hydrogens (tertiary/aromatic N) is 1. The number of phenolic OH excluding ortho intramolecular Hbond substituents is 2. The second-order valence-electron chi connectivity index (χ2n) is 7.24. The third-order valence-corrected chi connectivity index (χ3v) is 5.00. The number of likely N-dealkylation sites (tertiary alicyclic amines) is 1. The van der Waals surface area contributed by atoms with Crippen LogP contribution >= 0.6 is 0 Å². The number of benzene rings is 2. The van der Waals surface area contributed by atoms with E-state index in [0.29, 0.717) is 35.7 Å². The number of aromatic hydroxyl groups is 2. The number of ether oxygens (including phenoxy) is 2. The van der Waals surface area contributed by atoms with E-state index in [0.717, 1.165) is 24.1 Å². The van der Waals surface area contributed by atoms with Gasteiger partial charge in [-0.1, -0.05) is 19.1 Å². The first-order chi connectivity index (χ1) is 14.4. The van der Waals surface area contributed by atoms with E-state index in [9.17, 15) is 15.0 Å². The van der Waals surface area contributed by atoms with E-state index >= 15 is 0 Å². The van der Waals surface area contributed by atoms with Crippen LogP contribution in [0.1, 0.15) is 24.5 Å². The van der Waals surface area contributed by atoms with Crippen molar-refractivity contribution < 1.29 is 24.5 Å². The zero-order valence-corrected chi connectivity index (χ0v) is 17.5. The number of carbonyl (C=O) groups excluding carboxylic acids is 1. The summed E-state index contributed by atoms with van der Waals surface area (Å²) < 4.78 is 10.3. The molecule has 0 unspecified atom stereocenters. The van der Waals surface area contributed by atoms with E-state index in [4.69, 9.17) is 9.47 Å². The maximum atomic E-state index is 13.2. The molecule has 6 nitrogen and oxygen atoms in total. The minimum Gasteiger partial charge on any atom is -0.504 e. The van der Waals surface area contributed by atoms with E-state index in [1.807, 2.05) is 12.2 Å². The second-order valence-corrected chi connectivity index (χ2v) is 7.24. The van der Waals surface area contributed by atoms with Gasteiger partial charge in [0.15, 0.2) is 28.8 Å². The van der Waals surface area contributed by atoms with Crippen molar-refractivity contribution in [3.63, 3.8) is 0 Å². The van der Waals surface area contributed by atoms with Crippen LogP contribution in [0, 0.1) is 0 Å². The van der Waals surface area contributed by atoms with Crippen LogP contribution in [0.15, 0.2) is 47.5 Å². The monoisotopic (exact) mass is 409 g/mol. The number of Topliss-reactive ketones (excluding diaryl/α,β-unsaturated/α-hetero) is 1. The number of hydrogen-bond donors (Lipinski definition) is 2. The SMILES string of the molecule is CCCN1CC(=Cc2ccc(O)c(OC)c2)C(=O)/C(=C/c2ccc(O)c(OC)c2)C1. The van der Waals surface area contributed by atoms with Crippen LogP contribution in [-0.2, 0) is 4.79 Å². The Labute approximate surface area is 176 Å². The summed E-state index contributed by atoms with van der Waals surface area (Å²) in [5, 5.41) is 19.6. The molecule has 2 aromatic carbocycles. The number of rotatable bonds is 6. The van der Waals surface area contributed by atoms with Crippen molar-refractivity contribution in [2.45, 2.75) is 13.3 Å². The third-order valence-electron chi connectivity index (χ3n) is 5.00. The molecule has 3 rings (SSSR count). The molecule has 2 aromatic rings. The molecule has 0 atom stereocenters. The van der Waals surface area contributed by atoms with E-state index in [1.165, 1.54) is 14.2 Å². The minimum atomic E-state index is -0.0126. The predicted molar refractivity (Wildman–Crippen MR) is 117 cm³/mol. The minimum absolute atomic E-state index is 0.0126. The van der Waals surface area contributed by atoms with Gasteiger partial charge in [-0.25, -0.2) is 0 Å². The van der Waals surface area contributed by atoms with E-state index in [-0.39, 0.29) is 17.3 Å². The summed E-state index contributed by atoms with van der Waals surface area (Å²) in [6, 6.07) is 10.0. The molecule has 158 valence electrons. The van der Waals surface area contributed by atoms with Crippen molar-refractivity contribution in [2.75, 3.05) is 33.9 Å². The largest absolute Gasteiger partial charge is 0.504 e. The standard InChI is InChI=1S/C24H27NO5/c1-4-9-25-14-18(10-16-5-7-20(26)22(12-16)29-2)24(28)19(15-25)11-17-6-8-21(27)23(13-17)30-3/h5-8,10-13,26-27H,4,9,14-15H2,1-3H3/b18-10+,19-11?. The lowest BCUT2D eigenvalue weighted by molar-refractivity contribution is -0.113. The van der Waals surface area contributed by atoms with Crippen LogP contribution in [0.25, 0.3) is 12.2 Å². The molecule has 0 aliphatic carbocycles. The first kappa shape index (κ1) is 21.5. The lowest BCUT2D eigenvalue weighted by atomic mass is 9.94. The Morgan fingerprint density at radius 2 is 1.37 bits per heavy atom. The first-order valence-electron chi connectivity index (χ1n) is 9.87. The molecule has 0 saturated carbocycles. The van der Waals surface area contributed by atoms with Crippen molar-refractivity contribution in [2.24, 2.45) is 0 Å². The third kappa shape index (κ3) is 4.83. The fourth-order valence-electron chi connectivity index (χ4n) is 3.55. The molecule has 1 fully saturated rings. The molecule has 6 heteroatoms. The van der Waals surface area contributed by atoms with Gasteiger partial charge >= 0.3 is 0 Å². The Balaban J connectivity index is 1.98. The number of piperidine rings is 1. The first-order valence-corrected chi connectivity index (χ1v) is 9.87. The van der Waals surface area contributed by atoms with Gasteiger partial charge in [-0.3, -0.25) is 9.69 Å². The van der Waals surface area contributed by atoms with Crippen LogP contribution < -0.4 is 9.47 Å². The topological polar surface area (TPSA) is 79.2 Å². The number of methoxy groups -OCH3 is 2. The van der Waals surface area contributed by atoms with Crippen LogP contribution in [0.5, 0.6) is 23.0 Å². The summed E-state index contributed by atoms with van der Waals surface area (Å²) in [5.41, 5.74) is 2.94. The highest BCUT2D eigenvalue weighted by Gasteiger charge is 2.25. The van der Waals surface area contributed by atoms with Crippen molar-refractivity contribution in [1.29, 1.82) is 0 Å². The van der Waals surface area contributed by atoms with Crippen molar-refractivity contribution in [1.82, 2.24) is 4.90 Å². The lowest BCUT2D eigenvalue weighted by Gasteiger charge is -2.29. The van der Waals surface area contributed by atoms with E-state index in [1.54, 1.807) is 36.4 Å². The zero-order chi connectivity index (χ0) is 21.7. The van der Waals surface area contributed by atoms with E-state index < -0.39 is 0 Å². The normalized spacial score (nSPS) is 17.5. The highest BCUT2D eigenvalue weighted by atomic mass is 16.5. The van der Waals surface area contributed by atoms with Gasteiger partial charge in [-0.2, -0.15) is 0 Å². The van der Waals surface area contributed by atoms with Crippen molar-refractivity contribution in [3.05, 3.63) is 58.7 Å². The molecule has 0 radical (unpaired) electrons. The highest BCUT2D eigenvalue weighted by Crippen LogP contribution is 2.30. The molecule has 0 bridgehead atoms. The van der Waals surface area contributed by atoms with Crippen molar-refractivity contribution in [3.8, 4) is 23.0 Å². The molecular weight excluding hydrogens is 382 g/mol. The Hall–Kier alpha value is -3.25. The molecule has 0 amide bonds. The summed E-state index contributed by atoms with van der Waals surface area (Å²) in [5.74, 6) is 0.838. The van der Waals surface area contributed by atoms with Crippen LogP contribution in [0.3, 0.4) is 0 Å². The van der Waals surface area contributed by atoms with Gasteiger partial charge in [0.1, 0.15) is 0 Å². The van der Waals surface area contributed by atoms with Gasteiger partial charge in [0.05, 0.1) is 14.2 Å². The molecule has 1 aliphatic heterocycles. The fourth-order valence-corrected chi connectivity index (χ4v) is 3.55. The van der Waals surface area contributed by atoms with Crippen molar-refractivity contribution >= 4 is 17.9 Å². The molecule has 1 heterocycles. The highest BCUT2D eigenvalue weighted by molar-refractivity contribution is 6.14. The van der Waals surface area contributed by atoms with Gasteiger partial charge in [0.25, 0.3) is 0 Å². The maximum Gasteiger partial charge on any atom is 0.187 e. The Bertz CT molecular complexity index is 918. The van der Waals surface area contributed by atoms with Gasteiger partial charge < -0.3 is 19.7 Å². The second kappa shape index (κ2) is 9.50. The zero-order valence-electron chi connectivity index (χ0n) is 17.5. The molecule has 0 spiro atoms. The average molecular weight is 409 g/mol. The Morgan fingerprint density at radius 3 is 1.77 bits per heavy atom. The Kier molecular flexibility index (Phi) is 6.79. The summed E-state index contributed by atoms with van der Waals surface area (Å²) in [4.78, 5) is 15.4. The molecule has 1 aliphatic rings. The number of phenols is 2. The molecular formula is C24H27NO5. The van der Waals surface area contributed by atoms with Gasteiger partial charge in [-0.05, 0) is 60.5 Å². The van der Waals surface area contributed by atoms with Crippen LogP contribution in [0.4, 0.5) is 0 Å². The summed E-state index contributed by atoms with van der Waals surface area (Å²) in [6.45, 7) is 4.11. The smallest absolute Gasteiger partial charge is 0.187 e. The van der Waals surface area contributed by atoms with Crippen LogP contribution in [0.2, 0.25) is 0 Å². The summed E-state index contributed by atoms with van der Waals surface area (Å²) in [6.07, 6.45) is 4.67. The lowest BCUT2D eigenvalue weighted by Crippen LogP contribution is -2.38. The quantitative estimate of drug-likeness (QED) is 0.705. The number of hydrogen-bond acceptors (Lipinski definition) is 6. The summed E-state index contributed by atoms with van der Waals surface area (Å²) >= 11 is 0. The fraction of sp³-hybridized carbons (Fsp3) is 0.292. The van der Waals surface area contributed by atoms with Gasteiger partial charge in [-0.15, -0.1) is 0 Å². The van der Waals surface area contributed by atoms with Gasteiger partial charge in [0, 0.05) is 24.2 Å². The summed E-state index contributed by atoms with van der Waals surface area (Å²) in [7, 11) is 2.99. The number of ketones is 1. The van der Waals surface area contributed by atoms with Crippen LogP contribution in [-0.4, -0.2) is 54.8 Å². The average Bonchev–Trinajstić information content (AvgIpc) is 2.74. The molecule has 1 saturated heterocycles. The predicted octanol–water partition coefficient (Wildman–Crippen LogP) is 3.88. The molecule has 2 N–H and O–H groups in total. The maximum absolute atomic E-state index is 13.2. The molecule has 30 heavy (non-hydrogen) atoms. The molecule has 0 aromatic heterocycles. The van der Waals surface area contributed by atoms with E-state index in [2.05, 4.69) is 11.8 Å². The number of carbonyl (C=O) groups is 1.